The van der Waals surface area contributed by atoms with Gasteiger partial charge in [-0.2, -0.15) is 0 Å². The van der Waals surface area contributed by atoms with Crippen LogP contribution in [0.15, 0.2) is 60.8 Å². The maximum atomic E-state index is 12.2. The highest BCUT2D eigenvalue weighted by molar-refractivity contribution is 6.30. The van der Waals surface area contributed by atoms with Crippen LogP contribution in [-0.2, 0) is 20.7 Å². The number of halogens is 1. The lowest BCUT2D eigenvalue weighted by Gasteiger charge is -2.14. The van der Waals surface area contributed by atoms with Gasteiger partial charge in [-0.15, -0.1) is 0 Å². The number of ether oxygens (including phenoxy) is 1. The number of para-hydroxylation sites is 1. The normalized spacial score (nSPS) is 11.8. The largest absolute Gasteiger partial charge is 0.452 e. The van der Waals surface area contributed by atoms with Gasteiger partial charge in [0.15, 0.2) is 6.10 Å². The van der Waals surface area contributed by atoms with Gasteiger partial charge in [-0.1, -0.05) is 41.9 Å². The summed E-state index contributed by atoms with van der Waals surface area (Å²) >= 11 is 5.89. The molecule has 0 fully saturated rings. The quantitative estimate of drug-likeness (QED) is 0.691. The Morgan fingerprint density at radius 2 is 1.92 bits per heavy atom. The second-order valence-electron chi connectivity index (χ2n) is 5.80. The van der Waals surface area contributed by atoms with Crippen LogP contribution < -0.4 is 5.32 Å². The number of rotatable bonds is 5. The minimum Gasteiger partial charge on any atom is -0.452 e. The Morgan fingerprint density at radius 1 is 1.15 bits per heavy atom. The molecule has 0 saturated heterocycles. The summed E-state index contributed by atoms with van der Waals surface area (Å²) in [4.78, 5) is 28.7. The van der Waals surface area contributed by atoms with Crippen molar-refractivity contribution in [2.75, 3.05) is 5.32 Å². The highest BCUT2D eigenvalue weighted by Crippen LogP contribution is 2.18. The number of anilines is 1. The van der Waals surface area contributed by atoms with Crippen LogP contribution in [0.4, 0.5) is 5.69 Å². The van der Waals surface area contributed by atoms with Crippen LogP contribution in [0, 0.1) is 0 Å². The van der Waals surface area contributed by atoms with Gasteiger partial charge in [-0.3, -0.25) is 14.6 Å². The summed E-state index contributed by atoms with van der Waals surface area (Å²) in [5.74, 6) is -0.909. The number of pyridine rings is 1. The zero-order valence-corrected chi connectivity index (χ0v) is 14.9. The number of amides is 1. The summed E-state index contributed by atoms with van der Waals surface area (Å²) in [5, 5.41) is 4.13. The van der Waals surface area contributed by atoms with Crippen LogP contribution in [0.1, 0.15) is 12.5 Å². The van der Waals surface area contributed by atoms with Crippen LogP contribution >= 0.6 is 11.6 Å². The van der Waals surface area contributed by atoms with E-state index in [4.69, 9.17) is 16.3 Å². The fourth-order valence-corrected chi connectivity index (χ4v) is 2.76. The van der Waals surface area contributed by atoms with Crippen molar-refractivity contribution in [1.29, 1.82) is 0 Å². The molecule has 26 heavy (non-hydrogen) atoms. The van der Waals surface area contributed by atoms with Crippen LogP contribution in [0.5, 0.6) is 0 Å². The maximum absolute atomic E-state index is 12.2. The summed E-state index contributed by atoms with van der Waals surface area (Å²) in [6, 6.07) is 16.1. The molecule has 0 aliphatic carbocycles. The first-order valence-corrected chi connectivity index (χ1v) is 8.49. The first kappa shape index (κ1) is 17.9. The molecule has 1 heterocycles. The average molecular weight is 369 g/mol. The maximum Gasteiger partial charge on any atom is 0.311 e. The van der Waals surface area contributed by atoms with Gasteiger partial charge in [0.1, 0.15) is 0 Å². The van der Waals surface area contributed by atoms with Crippen molar-refractivity contribution >= 4 is 40.1 Å². The van der Waals surface area contributed by atoms with Crippen molar-refractivity contribution in [3.8, 4) is 0 Å². The summed E-state index contributed by atoms with van der Waals surface area (Å²) < 4.78 is 5.26. The first-order chi connectivity index (χ1) is 12.5. The second kappa shape index (κ2) is 7.97. The SMILES string of the molecule is CC(OC(=O)Cc1cccc2cccnc12)C(=O)Nc1cccc(Cl)c1. The number of aromatic nitrogens is 1. The fourth-order valence-electron chi connectivity index (χ4n) is 2.57. The number of nitrogens with one attached hydrogen (secondary N) is 1. The Hall–Kier alpha value is -2.92. The van der Waals surface area contributed by atoms with Crippen LogP contribution in [0.2, 0.25) is 5.02 Å². The zero-order chi connectivity index (χ0) is 18.5. The van der Waals surface area contributed by atoms with Gasteiger partial charge in [0.05, 0.1) is 11.9 Å². The van der Waals surface area contributed by atoms with Gasteiger partial charge < -0.3 is 10.1 Å². The molecule has 0 radical (unpaired) electrons. The van der Waals surface area contributed by atoms with E-state index in [2.05, 4.69) is 10.3 Å². The molecule has 132 valence electrons. The van der Waals surface area contributed by atoms with E-state index in [0.717, 1.165) is 16.5 Å². The molecule has 3 aromatic rings. The molecule has 0 saturated carbocycles. The fraction of sp³-hybridized carbons (Fsp3) is 0.150. The van der Waals surface area contributed by atoms with Gasteiger partial charge in [-0.25, -0.2) is 0 Å². The second-order valence-corrected chi connectivity index (χ2v) is 6.24. The van der Waals surface area contributed by atoms with Crippen molar-refractivity contribution in [3.63, 3.8) is 0 Å². The van der Waals surface area contributed by atoms with E-state index in [0.29, 0.717) is 10.7 Å². The van der Waals surface area contributed by atoms with Gasteiger partial charge in [-0.05, 0) is 36.8 Å². The molecule has 0 spiro atoms. The molecule has 1 atom stereocenters. The van der Waals surface area contributed by atoms with Gasteiger partial charge in [0.2, 0.25) is 0 Å². The molecule has 6 heteroatoms. The standard InChI is InChI=1S/C20H17ClN2O3/c1-13(20(25)23-17-9-3-8-16(21)12-17)26-18(24)11-15-6-2-5-14-7-4-10-22-19(14)15/h2-10,12-13H,11H2,1H3,(H,23,25). The van der Waals surface area contributed by atoms with E-state index in [-0.39, 0.29) is 6.42 Å². The summed E-state index contributed by atoms with van der Waals surface area (Å²) in [6.07, 6.45) is 0.797. The molecular weight excluding hydrogens is 352 g/mol. The molecule has 5 nitrogen and oxygen atoms in total. The third-order valence-electron chi connectivity index (χ3n) is 3.82. The molecule has 3 rings (SSSR count). The molecule has 1 unspecified atom stereocenters. The van der Waals surface area contributed by atoms with Gasteiger partial charge >= 0.3 is 5.97 Å². The molecule has 0 aliphatic rings. The Labute approximate surface area is 156 Å². The van der Waals surface area contributed by atoms with Gasteiger partial charge in [0, 0.05) is 22.3 Å². The predicted octanol–water partition coefficient (Wildman–Crippen LogP) is 4.00. The molecule has 0 bridgehead atoms. The van der Waals surface area contributed by atoms with Crippen molar-refractivity contribution in [2.45, 2.75) is 19.4 Å². The smallest absolute Gasteiger partial charge is 0.311 e. The number of nitrogens with zero attached hydrogens (tertiary/aromatic N) is 1. The molecule has 2 aromatic carbocycles. The Kier molecular flexibility index (Phi) is 5.49. The Bertz CT molecular complexity index is 953. The van der Waals surface area contributed by atoms with E-state index < -0.39 is 18.0 Å². The molecule has 1 amide bonds. The first-order valence-electron chi connectivity index (χ1n) is 8.11. The van der Waals surface area contributed by atoms with Crippen LogP contribution in [0.3, 0.4) is 0 Å². The summed E-state index contributed by atoms with van der Waals surface area (Å²) in [6.45, 7) is 1.53. The number of carbonyl (C=O) groups is 2. The topological polar surface area (TPSA) is 68.3 Å². The summed E-state index contributed by atoms with van der Waals surface area (Å²) in [5.41, 5.74) is 2.06. The van der Waals surface area contributed by atoms with E-state index in [1.165, 1.54) is 6.92 Å². The van der Waals surface area contributed by atoms with Crippen molar-refractivity contribution in [2.24, 2.45) is 0 Å². The monoisotopic (exact) mass is 368 g/mol. The number of esters is 1. The Morgan fingerprint density at radius 3 is 2.73 bits per heavy atom. The number of hydrogen-bond donors (Lipinski definition) is 1. The lowest BCUT2D eigenvalue weighted by atomic mass is 10.1. The van der Waals surface area contributed by atoms with Crippen molar-refractivity contribution in [1.82, 2.24) is 4.98 Å². The Balaban J connectivity index is 1.62. The number of carbonyl (C=O) groups excluding carboxylic acids is 2. The van der Waals surface area contributed by atoms with Crippen molar-refractivity contribution < 1.29 is 14.3 Å². The van der Waals surface area contributed by atoms with Crippen LogP contribution in [-0.4, -0.2) is 23.0 Å². The minimum atomic E-state index is -0.926. The number of fused-ring (bicyclic) bond motifs is 1. The van der Waals surface area contributed by atoms with Crippen molar-refractivity contribution in [3.05, 3.63) is 71.4 Å². The number of hydrogen-bond acceptors (Lipinski definition) is 4. The zero-order valence-electron chi connectivity index (χ0n) is 14.1. The van der Waals surface area contributed by atoms with Gasteiger partial charge in [0.25, 0.3) is 5.91 Å². The average Bonchev–Trinajstić information content (AvgIpc) is 2.62. The highest BCUT2D eigenvalue weighted by atomic mass is 35.5. The molecular formula is C20H17ClN2O3. The van der Waals surface area contributed by atoms with Crippen LogP contribution in [0.25, 0.3) is 10.9 Å². The lowest BCUT2D eigenvalue weighted by Crippen LogP contribution is -2.30. The predicted molar refractivity (Wildman–Crippen MR) is 101 cm³/mol. The van der Waals surface area contributed by atoms with E-state index in [1.807, 2.05) is 30.3 Å². The lowest BCUT2D eigenvalue weighted by molar-refractivity contribution is -0.152. The summed E-state index contributed by atoms with van der Waals surface area (Å²) in [7, 11) is 0. The number of benzene rings is 2. The molecule has 1 N–H and O–H groups in total. The van der Waals surface area contributed by atoms with E-state index in [9.17, 15) is 9.59 Å². The third kappa shape index (κ3) is 4.37. The highest BCUT2D eigenvalue weighted by Gasteiger charge is 2.19. The molecule has 1 aromatic heterocycles. The van der Waals surface area contributed by atoms with E-state index in [1.54, 1.807) is 30.5 Å². The minimum absolute atomic E-state index is 0.0448. The molecule has 0 aliphatic heterocycles. The third-order valence-corrected chi connectivity index (χ3v) is 4.06. The van der Waals surface area contributed by atoms with E-state index >= 15 is 0 Å².